The molecule has 1 atom stereocenters. The van der Waals surface area contributed by atoms with E-state index < -0.39 is 0 Å². The highest BCUT2D eigenvalue weighted by atomic mass is 35.5. The standard InChI is InChI=1S/C20H24ClNO/c1-13-8-14(2)10-17(9-13)11-15(3)12-20(23)22-19-7-5-6-18(21)16(19)4/h5-10,15H,11-12H2,1-4H3,(H,22,23)/t15-/m0/s1. The monoisotopic (exact) mass is 329 g/mol. The molecule has 0 heterocycles. The molecule has 0 aliphatic carbocycles. The Morgan fingerprint density at radius 3 is 2.43 bits per heavy atom. The van der Waals surface area contributed by atoms with E-state index in [1.54, 1.807) is 0 Å². The van der Waals surface area contributed by atoms with Gasteiger partial charge in [-0.05, 0) is 56.4 Å². The smallest absolute Gasteiger partial charge is 0.224 e. The molecule has 0 spiro atoms. The van der Waals surface area contributed by atoms with Crippen molar-refractivity contribution >= 4 is 23.2 Å². The molecule has 0 aromatic heterocycles. The third-order valence-electron chi connectivity index (χ3n) is 3.94. The van der Waals surface area contributed by atoms with E-state index in [1.165, 1.54) is 16.7 Å². The number of hydrogen-bond acceptors (Lipinski definition) is 1. The van der Waals surface area contributed by atoms with Crippen LogP contribution in [0.15, 0.2) is 36.4 Å². The molecule has 0 saturated carbocycles. The summed E-state index contributed by atoms with van der Waals surface area (Å²) in [6.45, 7) is 8.24. The number of halogens is 1. The quantitative estimate of drug-likeness (QED) is 0.774. The van der Waals surface area contributed by atoms with E-state index in [4.69, 9.17) is 11.6 Å². The van der Waals surface area contributed by atoms with Crippen molar-refractivity contribution in [3.05, 3.63) is 63.7 Å². The average molecular weight is 330 g/mol. The summed E-state index contributed by atoms with van der Waals surface area (Å²) < 4.78 is 0. The van der Waals surface area contributed by atoms with E-state index in [2.05, 4.69) is 44.3 Å². The van der Waals surface area contributed by atoms with E-state index >= 15 is 0 Å². The van der Waals surface area contributed by atoms with Crippen molar-refractivity contribution in [3.8, 4) is 0 Å². The van der Waals surface area contributed by atoms with Gasteiger partial charge in [0.15, 0.2) is 0 Å². The molecule has 0 radical (unpaired) electrons. The lowest BCUT2D eigenvalue weighted by Crippen LogP contribution is -2.17. The van der Waals surface area contributed by atoms with Crippen LogP contribution >= 0.6 is 11.6 Å². The zero-order valence-electron chi connectivity index (χ0n) is 14.2. The van der Waals surface area contributed by atoms with Crippen LogP contribution in [-0.2, 0) is 11.2 Å². The van der Waals surface area contributed by atoms with Gasteiger partial charge in [-0.15, -0.1) is 0 Å². The first-order valence-corrected chi connectivity index (χ1v) is 8.35. The summed E-state index contributed by atoms with van der Waals surface area (Å²) in [5.74, 6) is 0.322. The van der Waals surface area contributed by atoms with Crippen LogP contribution in [0, 0.1) is 26.7 Å². The van der Waals surface area contributed by atoms with E-state index in [-0.39, 0.29) is 11.8 Å². The molecule has 23 heavy (non-hydrogen) atoms. The molecule has 1 N–H and O–H groups in total. The number of carbonyl (C=O) groups excluding carboxylic acids is 1. The Morgan fingerprint density at radius 1 is 1.13 bits per heavy atom. The predicted octanol–water partition coefficient (Wildman–Crippen LogP) is 5.47. The van der Waals surface area contributed by atoms with Gasteiger partial charge in [-0.1, -0.05) is 53.9 Å². The summed E-state index contributed by atoms with van der Waals surface area (Å²) in [5.41, 5.74) is 5.53. The molecule has 0 saturated heterocycles. The summed E-state index contributed by atoms with van der Waals surface area (Å²) in [6, 6.07) is 12.1. The summed E-state index contributed by atoms with van der Waals surface area (Å²) >= 11 is 6.09. The normalized spacial score (nSPS) is 12.0. The van der Waals surface area contributed by atoms with E-state index in [9.17, 15) is 4.79 Å². The lowest BCUT2D eigenvalue weighted by atomic mass is 9.95. The van der Waals surface area contributed by atoms with Gasteiger partial charge in [0.1, 0.15) is 0 Å². The molecule has 0 unspecified atom stereocenters. The Morgan fingerprint density at radius 2 is 1.78 bits per heavy atom. The lowest BCUT2D eigenvalue weighted by molar-refractivity contribution is -0.116. The number of amides is 1. The molecule has 3 heteroatoms. The minimum atomic E-state index is 0.0345. The van der Waals surface area contributed by atoms with Gasteiger partial charge >= 0.3 is 0 Å². The van der Waals surface area contributed by atoms with Gasteiger partial charge < -0.3 is 5.32 Å². The fraction of sp³-hybridized carbons (Fsp3) is 0.350. The maximum atomic E-state index is 12.3. The molecule has 0 aliphatic rings. The molecule has 2 aromatic rings. The number of carbonyl (C=O) groups is 1. The van der Waals surface area contributed by atoms with Crippen LogP contribution < -0.4 is 5.32 Å². The number of rotatable bonds is 5. The van der Waals surface area contributed by atoms with Crippen molar-refractivity contribution in [1.29, 1.82) is 0 Å². The Hall–Kier alpha value is -1.80. The summed E-state index contributed by atoms with van der Waals surface area (Å²) in [5, 5.41) is 3.64. The highest BCUT2D eigenvalue weighted by molar-refractivity contribution is 6.31. The summed E-state index contributed by atoms with van der Waals surface area (Å²) in [7, 11) is 0. The molecule has 0 aliphatic heterocycles. The number of hydrogen-bond donors (Lipinski definition) is 1. The number of anilines is 1. The Labute approximate surface area is 143 Å². The topological polar surface area (TPSA) is 29.1 Å². The molecule has 0 bridgehead atoms. The van der Waals surface area contributed by atoms with Crippen LogP contribution in [0.25, 0.3) is 0 Å². The minimum Gasteiger partial charge on any atom is -0.326 e. The lowest BCUT2D eigenvalue weighted by Gasteiger charge is -2.14. The number of nitrogens with one attached hydrogen (secondary N) is 1. The summed E-state index contributed by atoms with van der Waals surface area (Å²) in [4.78, 5) is 12.3. The number of benzene rings is 2. The first kappa shape index (κ1) is 17.6. The largest absolute Gasteiger partial charge is 0.326 e. The second-order valence-electron chi connectivity index (χ2n) is 6.47. The molecule has 122 valence electrons. The highest BCUT2D eigenvalue weighted by Gasteiger charge is 2.12. The zero-order valence-corrected chi connectivity index (χ0v) is 15.0. The number of aryl methyl sites for hydroxylation is 2. The van der Waals surface area contributed by atoms with Crippen LogP contribution in [0.5, 0.6) is 0 Å². The van der Waals surface area contributed by atoms with Gasteiger partial charge in [0.25, 0.3) is 0 Å². The highest BCUT2D eigenvalue weighted by Crippen LogP contribution is 2.23. The SMILES string of the molecule is Cc1cc(C)cc(C[C@H](C)CC(=O)Nc2cccc(Cl)c2C)c1. The van der Waals surface area contributed by atoms with Crippen LogP contribution in [0.2, 0.25) is 5.02 Å². The molecular weight excluding hydrogens is 306 g/mol. The van der Waals surface area contributed by atoms with Gasteiger partial charge in [0.2, 0.25) is 5.91 Å². The third-order valence-corrected chi connectivity index (χ3v) is 4.35. The van der Waals surface area contributed by atoms with E-state index in [1.807, 2.05) is 25.1 Å². The molecule has 2 aromatic carbocycles. The van der Waals surface area contributed by atoms with Crippen molar-refractivity contribution in [2.24, 2.45) is 5.92 Å². The van der Waals surface area contributed by atoms with Crippen molar-refractivity contribution in [2.45, 2.75) is 40.5 Å². The minimum absolute atomic E-state index is 0.0345. The maximum absolute atomic E-state index is 12.3. The Balaban J connectivity index is 1.95. The first-order chi connectivity index (χ1) is 10.8. The predicted molar refractivity (Wildman–Crippen MR) is 98.2 cm³/mol. The van der Waals surface area contributed by atoms with Crippen LogP contribution in [0.1, 0.15) is 35.6 Å². The molecular formula is C20H24ClNO. The fourth-order valence-electron chi connectivity index (χ4n) is 2.92. The van der Waals surface area contributed by atoms with Crippen LogP contribution in [0.3, 0.4) is 0 Å². The van der Waals surface area contributed by atoms with Gasteiger partial charge in [0, 0.05) is 17.1 Å². The average Bonchev–Trinajstić information content (AvgIpc) is 2.42. The van der Waals surface area contributed by atoms with Gasteiger partial charge in [-0.3, -0.25) is 4.79 Å². The van der Waals surface area contributed by atoms with Gasteiger partial charge in [-0.2, -0.15) is 0 Å². The molecule has 1 amide bonds. The zero-order chi connectivity index (χ0) is 17.0. The Kier molecular flexibility index (Phi) is 5.84. The first-order valence-electron chi connectivity index (χ1n) is 7.97. The van der Waals surface area contributed by atoms with Crippen molar-refractivity contribution < 1.29 is 4.79 Å². The second-order valence-corrected chi connectivity index (χ2v) is 6.88. The molecule has 2 nitrogen and oxygen atoms in total. The van der Waals surface area contributed by atoms with Crippen molar-refractivity contribution in [2.75, 3.05) is 5.32 Å². The fourth-order valence-corrected chi connectivity index (χ4v) is 3.10. The molecule has 2 rings (SSSR count). The Bertz CT molecular complexity index is 689. The second kappa shape index (κ2) is 7.65. The van der Waals surface area contributed by atoms with Crippen LogP contribution in [-0.4, -0.2) is 5.91 Å². The van der Waals surface area contributed by atoms with E-state index in [0.717, 1.165) is 17.7 Å². The van der Waals surface area contributed by atoms with Crippen molar-refractivity contribution in [1.82, 2.24) is 0 Å². The molecule has 0 fully saturated rings. The van der Waals surface area contributed by atoms with E-state index in [0.29, 0.717) is 11.4 Å². The van der Waals surface area contributed by atoms with Gasteiger partial charge in [0.05, 0.1) is 0 Å². The van der Waals surface area contributed by atoms with Crippen LogP contribution in [0.4, 0.5) is 5.69 Å². The van der Waals surface area contributed by atoms with Gasteiger partial charge in [-0.25, -0.2) is 0 Å². The summed E-state index contributed by atoms with van der Waals surface area (Å²) in [6.07, 6.45) is 1.41. The third kappa shape index (κ3) is 5.11. The van der Waals surface area contributed by atoms with Crippen molar-refractivity contribution in [3.63, 3.8) is 0 Å². The maximum Gasteiger partial charge on any atom is 0.224 e.